The number of pyridine rings is 1. The first-order chi connectivity index (χ1) is 11.6. The van der Waals surface area contributed by atoms with Gasteiger partial charge in [-0.2, -0.15) is 0 Å². The van der Waals surface area contributed by atoms with Crippen LogP contribution in [0.5, 0.6) is 5.75 Å². The molecule has 1 saturated carbocycles. The number of amides is 1. The van der Waals surface area contributed by atoms with Gasteiger partial charge in [-0.25, -0.2) is 9.78 Å². The number of ether oxygens (including phenoxy) is 1. The van der Waals surface area contributed by atoms with E-state index in [1.165, 1.54) is 31.2 Å². The maximum Gasteiger partial charge on any atom is 0.354 e. The first-order valence-electron chi connectivity index (χ1n) is 7.89. The molecule has 1 amide bonds. The Hall–Kier alpha value is -2.89. The fourth-order valence-corrected chi connectivity index (χ4v) is 2.74. The lowest BCUT2D eigenvalue weighted by Crippen LogP contribution is -2.14. The highest BCUT2D eigenvalue weighted by atomic mass is 16.5. The van der Waals surface area contributed by atoms with Crippen molar-refractivity contribution < 1.29 is 19.4 Å². The minimum Gasteiger partial charge on any atom is -0.490 e. The van der Waals surface area contributed by atoms with Crippen molar-refractivity contribution in [3.8, 4) is 5.75 Å². The third-order valence-corrected chi connectivity index (χ3v) is 3.94. The fraction of sp³-hybridized carbons (Fsp3) is 0.278. The third kappa shape index (κ3) is 3.90. The van der Waals surface area contributed by atoms with Gasteiger partial charge in [0, 0.05) is 23.5 Å². The van der Waals surface area contributed by atoms with Crippen LogP contribution in [-0.4, -0.2) is 28.1 Å². The van der Waals surface area contributed by atoms with Crippen molar-refractivity contribution in [3.63, 3.8) is 0 Å². The molecule has 6 heteroatoms. The second kappa shape index (κ2) is 7.12. The van der Waals surface area contributed by atoms with Gasteiger partial charge in [-0.15, -0.1) is 0 Å². The van der Waals surface area contributed by atoms with Gasteiger partial charge in [-0.05, 0) is 49.9 Å². The van der Waals surface area contributed by atoms with Crippen molar-refractivity contribution in [2.24, 2.45) is 0 Å². The second-order valence-corrected chi connectivity index (χ2v) is 5.74. The zero-order valence-corrected chi connectivity index (χ0v) is 13.1. The molecule has 0 atom stereocenters. The summed E-state index contributed by atoms with van der Waals surface area (Å²) in [5, 5.41) is 11.7. The van der Waals surface area contributed by atoms with Gasteiger partial charge < -0.3 is 15.2 Å². The van der Waals surface area contributed by atoms with E-state index in [9.17, 15) is 9.59 Å². The number of benzene rings is 1. The van der Waals surface area contributed by atoms with Crippen LogP contribution in [0.4, 0.5) is 5.69 Å². The predicted molar refractivity (Wildman–Crippen MR) is 88.5 cm³/mol. The summed E-state index contributed by atoms with van der Waals surface area (Å²) in [6.07, 6.45) is 6.05. The number of nitrogens with zero attached hydrogens (tertiary/aromatic N) is 1. The Balaban J connectivity index is 1.69. The first-order valence-corrected chi connectivity index (χ1v) is 7.89. The zero-order valence-electron chi connectivity index (χ0n) is 13.1. The largest absolute Gasteiger partial charge is 0.490 e. The number of carbonyl (C=O) groups is 2. The first kappa shape index (κ1) is 16.0. The molecule has 2 aromatic rings. The number of rotatable bonds is 5. The Morgan fingerprint density at radius 1 is 1.17 bits per heavy atom. The Kier molecular flexibility index (Phi) is 4.74. The van der Waals surface area contributed by atoms with Gasteiger partial charge in [-0.3, -0.25) is 4.79 Å². The fourth-order valence-electron chi connectivity index (χ4n) is 2.74. The maximum absolute atomic E-state index is 12.3. The van der Waals surface area contributed by atoms with E-state index in [0.717, 1.165) is 18.6 Å². The van der Waals surface area contributed by atoms with Gasteiger partial charge in [-0.1, -0.05) is 6.07 Å². The molecule has 24 heavy (non-hydrogen) atoms. The summed E-state index contributed by atoms with van der Waals surface area (Å²) in [5.74, 6) is -0.838. The number of hydrogen-bond acceptors (Lipinski definition) is 4. The number of hydrogen-bond donors (Lipinski definition) is 2. The SMILES string of the molecule is O=C(Nc1cccc(OC2CCCC2)c1)c1ccnc(C(=O)O)c1. The molecular formula is C18H18N2O4. The summed E-state index contributed by atoms with van der Waals surface area (Å²) in [6.45, 7) is 0. The molecule has 0 unspecified atom stereocenters. The van der Waals surface area contributed by atoms with Crippen molar-refractivity contribution in [1.82, 2.24) is 4.98 Å². The molecule has 1 aliphatic carbocycles. The molecule has 0 radical (unpaired) electrons. The monoisotopic (exact) mass is 326 g/mol. The van der Waals surface area contributed by atoms with Crippen molar-refractivity contribution in [2.45, 2.75) is 31.8 Å². The normalized spacial score (nSPS) is 14.3. The number of carboxylic acids is 1. The van der Waals surface area contributed by atoms with Crippen LogP contribution in [0.3, 0.4) is 0 Å². The molecule has 0 bridgehead atoms. The number of anilines is 1. The minimum absolute atomic E-state index is 0.166. The molecule has 1 aliphatic rings. The van der Waals surface area contributed by atoms with Gasteiger partial charge in [0.2, 0.25) is 0 Å². The van der Waals surface area contributed by atoms with E-state index in [1.807, 2.05) is 12.1 Å². The van der Waals surface area contributed by atoms with Gasteiger partial charge in [0.05, 0.1) is 6.10 Å². The minimum atomic E-state index is -1.17. The smallest absolute Gasteiger partial charge is 0.354 e. The van der Waals surface area contributed by atoms with Crippen molar-refractivity contribution in [1.29, 1.82) is 0 Å². The summed E-state index contributed by atoms with van der Waals surface area (Å²) >= 11 is 0. The highest BCUT2D eigenvalue weighted by Gasteiger charge is 2.17. The average Bonchev–Trinajstić information content (AvgIpc) is 3.08. The van der Waals surface area contributed by atoms with Crippen LogP contribution in [0, 0.1) is 0 Å². The van der Waals surface area contributed by atoms with Crippen LogP contribution in [0.2, 0.25) is 0 Å². The summed E-state index contributed by atoms with van der Waals surface area (Å²) in [4.78, 5) is 26.9. The topological polar surface area (TPSA) is 88.5 Å². The molecule has 3 rings (SSSR count). The van der Waals surface area contributed by atoms with E-state index in [0.29, 0.717) is 5.69 Å². The summed E-state index contributed by atoms with van der Waals surface area (Å²) in [5.41, 5.74) is 0.676. The molecule has 1 heterocycles. The maximum atomic E-state index is 12.3. The van der Waals surface area contributed by atoms with Crippen LogP contribution in [0.25, 0.3) is 0 Å². The van der Waals surface area contributed by atoms with Crippen LogP contribution < -0.4 is 10.1 Å². The van der Waals surface area contributed by atoms with Crippen molar-refractivity contribution in [2.75, 3.05) is 5.32 Å². The van der Waals surface area contributed by atoms with E-state index in [2.05, 4.69) is 10.3 Å². The van der Waals surface area contributed by atoms with Crippen molar-refractivity contribution >= 4 is 17.6 Å². The van der Waals surface area contributed by atoms with Crippen LogP contribution in [-0.2, 0) is 0 Å². The predicted octanol–water partition coefficient (Wildman–Crippen LogP) is 3.35. The lowest BCUT2D eigenvalue weighted by atomic mass is 10.2. The van der Waals surface area contributed by atoms with Gasteiger partial charge >= 0.3 is 5.97 Å². The van der Waals surface area contributed by atoms with Gasteiger partial charge in [0.25, 0.3) is 5.91 Å². The molecule has 124 valence electrons. The third-order valence-electron chi connectivity index (χ3n) is 3.94. The van der Waals surface area contributed by atoms with E-state index in [4.69, 9.17) is 9.84 Å². The van der Waals surface area contributed by atoms with E-state index in [1.54, 1.807) is 12.1 Å². The van der Waals surface area contributed by atoms with Crippen LogP contribution in [0.15, 0.2) is 42.6 Å². The molecule has 1 fully saturated rings. The molecule has 1 aromatic carbocycles. The number of aromatic nitrogens is 1. The Morgan fingerprint density at radius 2 is 1.96 bits per heavy atom. The van der Waals surface area contributed by atoms with E-state index in [-0.39, 0.29) is 17.4 Å². The molecule has 0 saturated heterocycles. The molecule has 0 spiro atoms. The number of nitrogens with one attached hydrogen (secondary N) is 1. The molecule has 6 nitrogen and oxygen atoms in total. The summed E-state index contributed by atoms with van der Waals surface area (Å²) in [6, 6.07) is 9.93. The van der Waals surface area contributed by atoms with E-state index < -0.39 is 11.9 Å². The molecular weight excluding hydrogens is 308 g/mol. The number of aromatic carboxylic acids is 1. The Labute approximate surface area is 139 Å². The van der Waals surface area contributed by atoms with E-state index >= 15 is 0 Å². The molecule has 1 aromatic heterocycles. The van der Waals surface area contributed by atoms with Gasteiger partial charge in [0.1, 0.15) is 11.4 Å². The number of carbonyl (C=O) groups excluding carboxylic acids is 1. The quantitative estimate of drug-likeness (QED) is 0.879. The Bertz CT molecular complexity index is 754. The lowest BCUT2D eigenvalue weighted by Gasteiger charge is -2.14. The van der Waals surface area contributed by atoms with Gasteiger partial charge in [0.15, 0.2) is 0 Å². The molecule has 2 N–H and O–H groups in total. The van der Waals surface area contributed by atoms with Crippen LogP contribution >= 0.6 is 0 Å². The van der Waals surface area contributed by atoms with Crippen LogP contribution in [0.1, 0.15) is 46.5 Å². The molecule has 0 aliphatic heterocycles. The standard InChI is InChI=1S/C18H18N2O4/c21-17(12-8-9-19-16(10-12)18(22)23)20-13-4-3-7-15(11-13)24-14-5-1-2-6-14/h3-4,7-11,14H,1-2,5-6H2,(H,20,21)(H,22,23). The van der Waals surface area contributed by atoms with Crippen molar-refractivity contribution in [3.05, 3.63) is 53.9 Å². The number of carboxylic acid groups (broad SMARTS) is 1. The average molecular weight is 326 g/mol. The lowest BCUT2D eigenvalue weighted by molar-refractivity contribution is 0.0690. The Morgan fingerprint density at radius 3 is 2.71 bits per heavy atom. The second-order valence-electron chi connectivity index (χ2n) is 5.74. The highest BCUT2D eigenvalue weighted by molar-refractivity contribution is 6.05. The highest BCUT2D eigenvalue weighted by Crippen LogP contribution is 2.26. The zero-order chi connectivity index (χ0) is 16.9. The summed E-state index contributed by atoms with van der Waals surface area (Å²) < 4.78 is 5.91. The summed E-state index contributed by atoms with van der Waals surface area (Å²) in [7, 11) is 0.